The molecular formula is C9H18N2O. The van der Waals surface area contributed by atoms with Gasteiger partial charge in [0.1, 0.15) is 0 Å². The van der Waals surface area contributed by atoms with Gasteiger partial charge in [0.05, 0.1) is 6.17 Å². The minimum atomic E-state index is -0.0807. The van der Waals surface area contributed by atoms with Crippen molar-refractivity contribution < 1.29 is 4.79 Å². The summed E-state index contributed by atoms with van der Waals surface area (Å²) in [7, 11) is 0. The van der Waals surface area contributed by atoms with E-state index in [2.05, 4.69) is 17.2 Å². The Bertz CT molecular complexity index is 166. The van der Waals surface area contributed by atoms with Crippen LogP contribution in [0.1, 0.15) is 27.2 Å². The van der Waals surface area contributed by atoms with Gasteiger partial charge in [0.15, 0.2) is 0 Å². The summed E-state index contributed by atoms with van der Waals surface area (Å²) in [5, 5.41) is 5.96. The number of hydrogen-bond donors (Lipinski definition) is 2. The highest BCUT2D eigenvalue weighted by atomic mass is 16.1. The van der Waals surface area contributed by atoms with E-state index in [1.807, 2.05) is 13.8 Å². The molecule has 0 aromatic carbocycles. The van der Waals surface area contributed by atoms with E-state index in [1.165, 1.54) is 0 Å². The van der Waals surface area contributed by atoms with Gasteiger partial charge in [0.25, 0.3) is 0 Å². The smallest absolute Gasteiger partial charge is 0.247 e. The van der Waals surface area contributed by atoms with Crippen LogP contribution < -0.4 is 10.6 Å². The lowest BCUT2D eigenvalue weighted by Gasteiger charge is -2.17. The van der Waals surface area contributed by atoms with Crippen molar-refractivity contribution >= 4 is 5.91 Å². The highest BCUT2D eigenvalue weighted by Gasteiger charge is 2.07. The summed E-state index contributed by atoms with van der Waals surface area (Å²) in [4.78, 5) is 11.1. The first kappa shape index (κ1) is 11.2. The van der Waals surface area contributed by atoms with E-state index in [1.54, 1.807) is 6.92 Å². The van der Waals surface area contributed by atoms with Gasteiger partial charge in [0.2, 0.25) is 5.91 Å². The molecule has 1 amide bonds. The summed E-state index contributed by atoms with van der Waals surface area (Å²) in [6.07, 6.45) is 0.951. The Balaban J connectivity index is 3.85. The lowest BCUT2D eigenvalue weighted by molar-refractivity contribution is -0.118. The molecule has 0 saturated carbocycles. The Kier molecular flexibility index (Phi) is 5.37. The van der Waals surface area contributed by atoms with Crippen LogP contribution in [0.4, 0.5) is 0 Å². The normalized spacial score (nSPS) is 12.2. The second-order valence-corrected chi connectivity index (χ2v) is 2.77. The summed E-state index contributed by atoms with van der Waals surface area (Å²) in [5.41, 5.74) is 0.548. The maximum Gasteiger partial charge on any atom is 0.247 e. The molecule has 0 aromatic rings. The highest BCUT2D eigenvalue weighted by molar-refractivity contribution is 5.92. The summed E-state index contributed by atoms with van der Waals surface area (Å²) in [6.45, 7) is 10.2. The van der Waals surface area contributed by atoms with E-state index in [4.69, 9.17) is 0 Å². The monoisotopic (exact) mass is 170 g/mol. The number of carbonyl (C=O) groups is 1. The van der Waals surface area contributed by atoms with Gasteiger partial charge in [-0.1, -0.05) is 20.4 Å². The van der Waals surface area contributed by atoms with Gasteiger partial charge >= 0.3 is 0 Å². The van der Waals surface area contributed by atoms with E-state index in [-0.39, 0.29) is 12.1 Å². The van der Waals surface area contributed by atoms with Gasteiger partial charge in [-0.05, 0) is 19.9 Å². The molecule has 0 fully saturated rings. The first-order chi connectivity index (χ1) is 5.61. The van der Waals surface area contributed by atoms with Crippen molar-refractivity contribution in [3.05, 3.63) is 12.2 Å². The highest BCUT2D eigenvalue weighted by Crippen LogP contribution is 1.90. The van der Waals surface area contributed by atoms with Crippen LogP contribution in [0.5, 0.6) is 0 Å². The van der Waals surface area contributed by atoms with Crippen molar-refractivity contribution in [2.75, 3.05) is 6.54 Å². The number of nitrogens with one attached hydrogen (secondary N) is 2. The molecule has 0 bridgehead atoms. The van der Waals surface area contributed by atoms with Crippen molar-refractivity contribution in [1.29, 1.82) is 0 Å². The fourth-order valence-corrected chi connectivity index (χ4v) is 0.825. The van der Waals surface area contributed by atoms with Crippen LogP contribution in [-0.2, 0) is 4.79 Å². The maximum atomic E-state index is 11.1. The molecule has 0 aliphatic heterocycles. The molecule has 3 heteroatoms. The van der Waals surface area contributed by atoms with Crippen molar-refractivity contribution in [3.8, 4) is 0 Å². The number of rotatable bonds is 5. The SMILES string of the molecule is C=C(C)C(=O)NC(CC)NCC. The molecule has 0 saturated heterocycles. The van der Waals surface area contributed by atoms with Crippen LogP contribution in [0, 0.1) is 0 Å². The van der Waals surface area contributed by atoms with E-state index in [0.717, 1.165) is 13.0 Å². The van der Waals surface area contributed by atoms with Gasteiger partial charge in [-0.3, -0.25) is 10.1 Å². The van der Waals surface area contributed by atoms with Crippen molar-refractivity contribution in [2.45, 2.75) is 33.4 Å². The van der Waals surface area contributed by atoms with Crippen LogP contribution in [0.15, 0.2) is 12.2 Å². The Labute approximate surface area is 74.2 Å². The van der Waals surface area contributed by atoms with E-state index in [9.17, 15) is 4.79 Å². The van der Waals surface area contributed by atoms with Gasteiger partial charge in [-0.25, -0.2) is 0 Å². The summed E-state index contributed by atoms with van der Waals surface area (Å²) < 4.78 is 0. The first-order valence-corrected chi connectivity index (χ1v) is 4.31. The molecule has 1 atom stereocenters. The predicted octanol–water partition coefficient (Wildman–Crippen LogP) is 1.02. The molecule has 2 N–H and O–H groups in total. The summed E-state index contributed by atoms with van der Waals surface area (Å²) >= 11 is 0. The average molecular weight is 170 g/mol. The van der Waals surface area contributed by atoms with E-state index in [0.29, 0.717) is 5.57 Å². The Hall–Kier alpha value is -0.830. The molecule has 12 heavy (non-hydrogen) atoms. The standard InChI is InChI=1S/C9H18N2O/c1-5-8(10-6-2)11-9(12)7(3)4/h8,10H,3,5-6H2,1-2,4H3,(H,11,12). The first-order valence-electron chi connectivity index (χ1n) is 4.31. The van der Waals surface area contributed by atoms with Crippen LogP contribution in [0.25, 0.3) is 0 Å². The molecule has 0 heterocycles. The molecule has 0 aromatic heterocycles. The minimum absolute atomic E-state index is 0.0687. The molecule has 0 radical (unpaired) electrons. The van der Waals surface area contributed by atoms with Gasteiger partial charge in [-0.15, -0.1) is 0 Å². The van der Waals surface area contributed by atoms with Crippen LogP contribution in [-0.4, -0.2) is 18.6 Å². The molecule has 1 unspecified atom stereocenters. The topological polar surface area (TPSA) is 41.1 Å². The van der Waals surface area contributed by atoms with Crippen molar-refractivity contribution in [3.63, 3.8) is 0 Å². The van der Waals surface area contributed by atoms with Gasteiger partial charge in [0, 0.05) is 5.57 Å². The lowest BCUT2D eigenvalue weighted by Crippen LogP contribution is -2.45. The molecule has 0 rings (SSSR count). The Morgan fingerprint density at radius 2 is 2.08 bits per heavy atom. The zero-order valence-electron chi connectivity index (χ0n) is 8.11. The van der Waals surface area contributed by atoms with Crippen LogP contribution in [0.2, 0.25) is 0 Å². The lowest BCUT2D eigenvalue weighted by atomic mass is 10.3. The molecule has 70 valence electrons. The molecule has 0 aliphatic rings. The van der Waals surface area contributed by atoms with E-state index >= 15 is 0 Å². The van der Waals surface area contributed by atoms with Crippen molar-refractivity contribution in [1.82, 2.24) is 10.6 Å². The van der Waals surface area contributed by atoms with Crippen LogP contribution >= 0.6 is 0 Å². The molecule has 0 aliphatic carbocycles. The maximum absolute atomic E-state index is 11.1. The second kappa shape index (κ2) is 5.77. The van der Waals surface area contributed by atoms with Crippen molar-refractivity contribution in [2.24, 2.45) is 0 Å². The molecule has 0 spiro atoms. The van der Waals surface area contributed by atoms with Gasteiger partial charge in [-0.2, -0.15) is 0 Å². The van der Waals surface area contributed by atoms with E-state index < -0.39 is 0 Å². The molecular weight excluding hydrogens is 152 g/mol. The van der Waals surface area contributed by atoms with Crippen LogP contribution in [0.3, 0.4) is 0 Å². The zero-order chi connectivity index (χ0) is 9.56. The summed E-state index contributed by atoms with van der Waals surface area (Å²) in [6, 6.07) is 0. The quantitative estimate of drug-likeness (QED) is 0.478. The minimum Gasteiger partial charge on any atom is -0.337 e. The number of amides is 1. The number of hydrogen-bond acceptors (Lipinski definition) is 2. The fraction of sp³-hybridized carbons (Fsp3) is 0.667. The zero-order valence-corrected chi connectivity index (χ0v) is 8.11. The second-order valence-electron chi connectivity index (χ2n) is 2.77. The Morgan fingerprint density at radius 1 is 1.50 bits per heavy atom. The summed E-state index contributed by atoms with van der Waals surface area (Å²) in [5.74, 6) is -0.0807. The largest absolute Gasteiger partial charge is 0.337 e. The molecule has 3 nitrogen and oxygen atoms in total. The third kappa shape index (κ3) is 4.13. The average Bonchev–Trinajstić information content (AvgIpc) is 2.03. The number of carbonyl (C=O) groups excluding carboxylic acids is 1. The fourth-order valence-electron chi connectivity index (χ4n) is 0.825. The Morgan fingerprint density at radius 3 is 2.42 bits per heavy atom. The van der Waals surface area contributed by atoms with Gasteiger partial charge < -0.3 is 5.32 Å². The third-order valence-electron chi connectivity index (χ3n) is 1.55. The predicted molar refractivity (Wildman–Crippen MR) is 50.7 cm³/mol. The third-order valence-corrected chi connectivity index (χ3v) is 1.55.